The molecule has 0 bridgehead atoms. The first-order valence-electron chi connectivity index (χ1n) is 7.31. The van der Waals surface area contributed by atoms with E-state index in [4.69, 9.17) is 0 Å². The molecule has 1 aliphatic rings. The highest BCUT2D eigenvalue weighted by molar-refractivity contribution is 7.09. The van der Waals surface area contributed by atoms with Crippen molar-refractivity contribution in [1.82, 2.24) is 14.9 Å². The minimum atomic E-state index is 0.195. The van der Waals surface area contributed by atoms with Gasteiger partial charge in [-0.1, -0.05) is 6.07 Å². The van der Waals surface area contributed by atoms with Crippen molar-refractivity contribution in [2.75, 3.05) is 13.1 Å². The van der Waals surface area contributed by atoms with E-state index in [1.54, 1.807) is 23.7 Å². The Hall–Kier alpha value is -1.75. The van der Waals surface area contributed by atoms with Crippen LogP contribution < -0.4 is 0 Å². The van der Waals surface area contributed by atoms with Crippen LogP contribution in [0.4, 0.5) is 0 Å². The number of nitrogens with zero attached hydrogens (tertiary/aromatic N) is 3. The van der Waals surface area contributed by atoms with Gasteiger partial charge in [-0.05, 0) is 31.4 Å². The van der Waals surface area contributed by atoms with Crippen molar-refractivity contribution in [3.8, 4) is 0 Å². The molecule has 1 aliphatic heterocycles. The summed E-state index contributed by atoms with van der Waals surface area (Å²) in [5.41, 5.74) is 2.06. The van der Waals surface area contributed by atoms with Gasteiger partial charge in [0.1, 0.15) is 0 Å². The second-order valence-electron chi connectivity index (χ2n) is 5.54. The lowest BCUT2D eigenvalue weighted by molar-refractivity contribution is -0.131. The number of carbonyl (C=O) groups excluding carboxylic acids is 1. The summed E-state index contributed by atoms with van der Waals surface area (Å²) < 4.78 is 0. The van der Waals surface area contributed by atoms with Crippen molar-refractivity contribution in [1.29, 1.82) is 0 Å². The van der Waals surface area contributed by atoms with E-state index in [9.17, 15) is 4.79 Å². The highest BCUT2D eigenvalue weighted by Gasteiger charge is 2.26. The van der Waals surface area contributed by atoms with Gasteiger partial charge in [0.2, 0.25) is 5.91 Å². The molecule has 1 saturated heterocycles. The highest BCUT2D eigenvalue weighted by Crippen LogP contribution is 2.29. The largest absolute Gasteiger partial charge is 0.342 e. The Kier molecular flexibility index (Phi) is 4.29. The van der Waals surface area contributed by atoms with Gasteiger partial charge in [0.25, 0.3) is 0 Å². The summed E-state index contributed by atoms with van der Waals surface area (Å²) in [4.78, 5) is 23.1. The van der Waals surface area contributed by atoms with Crippen LogP contribution in [0.1, 0.15) is 35.0 Å². The molecular formula is C16H19N3OS. The average Bonchev–Trinajstić information content (AvgIpc) is 2.95. The van der Waals surface area contributed by atoms with Gasteiger partial charge in [-0.15, -0.1) is 11.3 Å². The number of piperidine rings is 1. The third-order valence-corrected chi connectivity index (χ3v) is 4.96. The molecule has 21 heavy (non-hydrogen) atoms. The Morgan fingerprint density at radius 1 is 1.52 bits per heavy atom. The van der Waals surface area contributed by atoms with E-state index in [0.717, 1.165) is 37.2 Å². The number of hydrogen-bond donors (Lipinski definition) is 0. The van der Waals surface area contributed by atoms with Crippen LogP contribution in [0.15, 0.2) is 29.9 Å². The van der Waals surface area contributed by atoms with Crippen molar-refractivity contribution in [2.45, 2.75) is 32.1 Å². The molecule has 1 amide bonds. The summed E-state index contributed by atoms with van der Waals surface area (Å²) in [6, 6.07) is 3.83. The quantitative estimate of drug-likeness (QED) is 0.876. The Bertz CT molecular complexity index is 611. The zero-order valence-corrected chi connectivity index (χ0v) is 13.0. The van der Waals surface area contributed by atoms with Crippen LogP contribution in [0.2, 0.25) is 0 Å². The SMILES string of the molecule is Cc1csc([C@@H]2CCCN(C(=O)Cc3cccnc3)C2)n1. The molecule has 5 heteroatoms. The van der Waals surface area contributed by atoms with E-state index in [-0.39, 0.29) is 5.91 Å². The number of aromatic nitrogens is 2. The van der Waals surface area contributed by atoms with Crippen LogP contribution in [0.25, 0.3) is 0 Å². The van der Waals surface area contributed by atoms with Gasteiger partial charge in [0.15, 0.2) is 0 Å². The maximum Gasteiger partial charge on any atom is 0.227 e. The molecule has 0 aliphatic carbocycles. The summed E-state index contributed by atoms with van der Waals surface area (Å²) in [7, 11) is 0. The number of hydrogen-bond acceptors (Lipinski definition) is 4. The minimum absolute atomic E-state index is 0.195. The number of amides is 1. The van der Waals surface area contributed by atoms with Gasteiger partial charge in [0.05, 0.1) is 11.4 Å². The molecule has 4 nitrogen and oxygen atoms in total. The Morgan fingerprint density at radius 2 is 2.43 bits per heavy atom. The average molecular weight is 301 g/mol. The lowest BCUT2D eigenvalue weighted by atomic mass is 9.98. The van der Waals surface area contributed by atoms with Crippen molar-refractivity contribution in [2.24, 2.45) is 0 Å². The third-order valence-electron chi connectivity index (χ3n) is 3.84. The fraction of sp³-hybridized carbons (Fsp3) is 0.438. The first-order chi connectivity index (χ1) is 10.2. The normalized spacial score (nSPS) is 18.7. The Morgan fingerprint density at radius 3 is 3.14 bits per heavy atom. The van der Waals surface area contributed by atoms with E-state index in [1.807, 2.05) is 24.0 Å². The molecule has 0 unspecified atom stereocenters. The van der Waals surface area contributed by atoms with Crippen molar-refractivity contribution < 1.29 is 4.79 Å². The number of aryl methyl sites for hydroxylation is 1. The van der Waals surface area contributed by atoms with Gasteiger partial charge >= 0.3 is 0 Å². The highest BCUT2D eigenvalue weighted by atomic mass is 32.1. The van der Waals surface area contributed by atoms with Gasteiger partial charge in [-0.25, -0.2) is 4.98 Å². The van der Waals surface area contributed by atoms with Gasteiger partial charge in [0, 0.05) is 42.5 Å². The molecule has 1 atom stereocenters. The van der Waals surface area contributed by atoms with E-state index >= 15 is 0 Å². The molecule has 0 N–H and O–H groups in total. The Labute approximate surface area is 128 Å². The van der Waals surface area contributed by atoms with E-state index in [0.29, 0.717) is 12.3 Å². The summed E-state index contributed by atoms with van der Waals surface area (Å²) in [6.07, 6.45) is 6.13. The predicted molar refractivity (Wildman–Crippen MR) is 83.3 cm³/mol. The molecule has 0 spiro atoms. The topological polar surface area (TPSA) is 46.1 Å². The molecule has 2 aromatic heterocycles. The van der Waals surface area contributed by atoms with E-state index in [1.165, 1.54) is 5.01 Å². The lowest BCUT2D eigenvalue weighted by Crippen LogP contribution is -2.39. The molecule has 1 fully saturated rings. The van der Waals surface area contributed by atoms with Crippen LogP contribution in [0.5, 0.6) is 0 Å². The zero-order chi connectivity index (χ0) is 14.7. The Balaban J connectivity index is 1.64. The molecule has 0 aromatic carbocycles. The third kappa shape index (κ3) is 3.47. The van der Waals surface area contributed by atoms with Crippen molar-refractivity contribution >= 4 is 17.2 Å². The summed E-state index contributed by atoms with van der Waals surface area (Å²) in [5.74, 6) is 0.594. The van der Waals surface area contributed by atoms with Crippen LogP contribution >= 0.6 is 11.3 Å². The molecule has 3 rings (SSSR count). The van der Waals surface area contributed by atoms with Gasteiger partial charge in [-0.3, -0.25) is 9.78 Å². The van der Waals surface area contributed by atoms with Crippen LogP contribution in [0.3, 0.4) is 0 Å². The maximum absolute atomic E-state index is 12.4. The number of pyridine rings is 1. The lowest BCUT2D eigenvalue weighted by Gasteiger charge is -2.32. The fourth-order valence-electron chi connectivity index (χ4n) is 2.75. The van der Waals surface area contributed by atoms with Crippen LogP contribution in [-0.2, 0) is 11.2 Å². The van der Waals surface area contributed by atoms with Crippen LogP contribution in [-0.4, -0.2) is 33.9 Å². The first-order valence-corrected chi connectivity index (χ1v) is 8.19. The summed E-state index contributed by atoms with van der Waals surface area (Å²) in [6.45, 7) is 3.68. The van der Waals surface area contributed by atoms with E-state index in [2.05, 4.69) is 15.3 Å². The number of thiazole rings is 1. The van der Waals surface area contributed by atoms with Crippen molar-refractivity contribution in [3.63, 3.8) is 0 Å². The maximum atomic E-state index is 12.4. The fourth-order valence-corrected chi connectivity index (χ4v) is 3.68. The summed E-state index contributed by atoms with van der Waals surface area (Å²) in [5, 5.41) is 3.26. The van der Waals surface area contributed by atoms with Crippen molar-refractivity contribution in [3.05, 3.63) is 46.2 Å². The first kappa shape index (κ1) is 14.2. The van der Waals surface area contributed by atoms with Gasteiger partial charge in [-0.2, -0.15) is 0 Å². The molecule has 3 heterocycles. The summed E-state index contributed by atoms with van der Waals surface area (Å²) >= 11 is 1.71. The smallest absolute Gasteiger partial charge is 0.227 e. The number of rotatable bonds is 3. The second kappa shape index (κ2) is 6.35. The standard InChI is InChI=1S/C16H19N3OS/c1-12-11-21-16(18-12)14-5-3-7-19(10-14)15(20)8-13-4-2-6-17-9-13/h2,4,6,9,11,14H,3,5,7-8,10H2,1H3/t14-/m1/s1. The number of likely N-dealkylation sites (tertiary alicyclic amines) is 1. The molecule has 0 radical (unpaired) electrons. The molecular weight excluding hydrogens is 282 g/mol. The monoisotopic (exact) mass is 301 g/mol. The predicted octanol–water partition coefficient (Wildman–Crippen LogP) is 2.80. The number of carbonyl (C=O) groups is 1. The van der Waals surface area contributed by atoms with Gasteiger partial charge < -0.3 is 4.90 Å². The van der Waals surface area contributed by atoms with E-state index < -0.39 is 0 Å². The van der Waals surface area contributed by atoms with Crippen LogP contribution in [0, 0.1) is 6.92 Å². The molecule has 2 aromatic rings. The second-order valence-corrected chi connectivity index (χ2v) is 6.43. The molecule has 0 saturated carbocycles. The zero-order valence-electron chi connectivity index (χ0n) is 12.2. The molecule has 110 valence electrons. The minimum Gasteiger partial charge on any atom is -0.342 e.